The van der Waals surface area contributed by atoms with Crippen molar-refractivity contribution in [3.63, 3.8) is 0 Å². The number of amides is 1. The van der Waals surface area contributed by atoms with Crippen LogP contribution in [0.3, 0.4) is 0 Å². The molecular weight excluding hydrogens is 491 g/mol. The summed E-state index contributed by atoms with van der Waals surface area (Å²) >= 11 is 12.1. The van der Waals surface area contributed by atoms with E-state index in [-0.39, 0.29) is 11.7 Å². The van der Waals surface area contributed by atoms with Gasteiger partial charge in [-0.3, -0.25) is 19.5 Å². The average molecular weight is 513 g/mol. The topological polar surface area (TPSA) is 102 Å². The molecule has 0 saturated carbocycles. The molecule has 4 aromatic rings. The number of Topliss-reactive ketones (excluding diaryl/α,β-unsaturated/α-hetero) is 1. The number of halogens is 2. The van der Waals surface area contributed by atoms with Crippen LogP contribution in [0.25, 0.3) is 22.2 Å². The normalized spacial score (nSPS) is 14.5. The Morgan fingerprint density at radius 2 is 1.74 bits per heavy atom. The van der Waals surface area contributed by atoms with Crippen LogP contribution in [0.5, 0.6) is 0 Å². The van der Waals surface area contributed by atoms with Crippen molar-refractivity contribution in [2.75, 3.05) is 32.7 Å². The van der Waals surface area contributed by atoms with Gasteiger partial charge in [-0.15, -0.1) is 0 Å². The van der Waals surface area contributed by atoms with E-state index in [9.17, 15) is 14.4 Å². The molecule has 0 unspecified atom stereocenters. The molecule has 10 heteroatoms. The van der Waals surface area contributed by atoms with E-state index < -0.39 is 5.76 Å². The Labute approximate surface area is 210 Å². The van der Waals surface area contributed by atoms with E-state index >= 15 is 0 Å². The highest BCUT2D eigenvalue weighted by molar-refractivity contribution is 6.42. The van der Waals surface area contributed by atoms with Gasteiger partial charge in [0.05, 0.1) is 15.6 Å². The maximum Gasteiger partial charge on any atom is 0.417 e. The average Bonchev–Trinajstić information content (AvgIpc) is 3.50. The lowest BCUT2D eigenvalue weighted by Gasteiger charge is -2.34. The van der Waals surface area contributed by atoms with E-state index in [1.165, 1.54) is 0 Å². The smallest absolute Gasteiger partial charge is 0.408 e. The second-order valence-electron chi connectivity index (χ2n) is 8.46. The number of hydrogen-bond donors (Lipinski definition) is 2. The summed E-state index contributed by atoms with van der Waals surface area (Å²) in [6.45, 7) is 3.12. The van der Waals surface area contributed by atoms with Gasteiger partial charge in [0, 0.05) is 50.9 Å². The predicted molar refractivity (Wildman–Crippen MR) is 134 cm³/mol. The van der Waals surface area contributed by atoms with Crippen molar-refractivity contribution in [1.29, 1.82) is 0 Å². The largest absolute Gasteiger partial charge is 0.417 e. The van der Waals surface area contributed by atoms with Crippen molar-refractivity contribution >= 4 is 46.0 Å². The number of ketones is 1. The maximum atomic E-state index is 13.0. The molecule has 1 saturated heterocycles. The Morgan fingerprint density at radius 3 is 2.51 bits per heavy atom. The van der Waals surface area contributed by atoms with Gasteiger partial charge in [-0.1, -0.05) is 29.3 Å². The number of aromatic nitrogens is 2. The second kappa shape index (κ2) is 9.73. The number of benzene rings is 2. The van der Waals surface area contributed by atoms with Crippen LogP contribution < -0.4 is 5.76 Å². The van der Waals surface area contributed by atoms with Gasteiger partial charge in [-0.25, -0.2) is 4.79 Å². The molecule has 35 heavy (non-hydrogen) atoms. The molecule has 1 aliphatic heterocycles. The lowest BCUT2D eigenvalue weighted by Crippen LogP contribution is -2.49. The van der Waals surface area contributed by atoms with Crippen molar-refractivity contribution < 1.29 is 14.0 Å². The number of H-pyrrole nitrogens is 2. The van der Waals surface area contributed by atoms with Gasteiger partial charge in [0.15, 0.2) is 11.4 Å². The number of hydrogen-bond acceptors (Lipinski definition) is 5. The Hall–Kier alpha value is -3.33. The van der Waals surface area contributed by atoms with E-state index in [0.29, 0.717) is 71.5 Å². The monoisotopic (exact) mass is 512 g/mol. The minimum absolute atomic E-state index is 0.0181. The number of carbonyl (C=O) groups is 2. The first-order valence-corrected chi connectivity index (χ1v) is 11.9. The van der Waals surface area contributed by atoms with Crippen LogP contribution >= 0.6 is 23.2 Å². The number of aromatic amines is 2. The number of nitrogens with one attached hydrogen (secondary N) is 2. The van der Waals surface area contributed by atoms with Gasteiger partial charge < -0.3 is 14.3 Å². The fourth-order valence-electron chi connectivity index (χ4n) is 4.23. The molecule has 1 amide bonds. The number of piperazine rings is 1. The summed E-state index contributed by atoms with van der Waals surface area (Å²) in [5.41, 5.74) is 3.71. The van der Waals surface area contributed by atoms with Gasteiger partial charge >= 0.3 is 5.76 Å². The molecular formula is C25H22Cl2N4O4. The first-order chi connectivity index (χ1) is 16.9. The Balaban J connectivity index is 1.14. The van der Waals surface area contributed by atoms with Crippen molar-refractivity contribution in [3.05, 3.63) is 80.5 Å². The molecule has 0 aliphatic carbocycles. The van der Waals surface area contributed by atoms with Gasteiger partial charge in [-0.05, 0) is 47.5 Å². The van der Waals surface area contributed by atoms with Crippen molar-refractivity contribution in [1.82, 2.24) is 19.8 Å². The molecule has 5 rings (SSSR count). The SMILES string of the molecule is O=C(CCN1CCN(C(=O)c2cc(-c3ccc(Cl)c(Cl)c3)c[nH]2)CC1)c1ccc2[nH]c(=O)oc2c1. The number of nitrogens with zero attached hydrogens (tertiary/aromatic N) is 2. The third kappa shape index (κ3) is 5.05. The van der Waals surface area contributed by atoms with Crippen LogP contribution in [0, 0.1) is 0 Å². The Morgan fingerprint density at radius 1 is 0.943 bits per heavy atom. The molecule has 1 fully saturated rings. The van der Waals surface area contributed by atoms with Crippen LogP contribution in [0.4, 0.5) is 0 Å². The van der Waals surface area contributed by atoms with E-state index in [4.69, 9.17) is 27.6 Å². The van der Waals surface area contributed by atoms with E-state index in [0.717, 1.165) is 11.1 Å². The summed E-state index contributed by atoms with van der Waals surface area (Å²) in [6.07, 6.45) is 2.13. The molecule has 0 bridgehead atoms. The zero-order valence-electron chi connectivity index (χ0n) is 18.6. The summed E-state index contributed by atoms with van der Waals surface area (Å²) in [7, 11) is 0. The van der Waals surface area contributed by atoms with Gasteiger partial charge in [0.25, 0.3) is 5.91 Å². The standard InChI is InChI=1S/C25H22Cl2N4O4/c26-18-3-1-15(11-19(18)27)17-12-21(28-14-17)24(33)31-9-7-30(8-10-31)6-5-22(32)16-2-4-20-23(13-16)35-25(34)29-20/h1-4,11-14,28H,5-10H2,(H,29,34). The minimum Gasteiger partial charge on any atom is -0.408 e. The number of fused-ring (bicyclic) bond motifs is 1. The predicted octanol–water partition coefficient (Wildman–Crippen LogP) is 4.45. The van der Waals surface area contributed by atoms with E-state index in [1.54, 1.807) is 36.5 Å². The fourth-order valence-corrected chi connectivity index (χ4v) is 4.53. The van der Waals surface area contributed by atoms with Gasteiger partial charge in [0.1, 0.15) is 5.69 Å². The summed E-state index contributed by atoms with van der Waals surface area (Å²) in [5, 5.41) is 0.946. The first-order valence-electron chi connectivity index (χ1n) is 11.2. The quantitative estimate of drug-likeness (QED) is 0.371. The molecule has 2 N–H and O–H groups in total. The number of carbonyl (C=O) groups excluding carboxylic acids is 2. The molecule has 0 radical (unpaired) electrons. The Kier molecular flexibility index (Phi) is 6.51. The zero-order valence-corrected chi connectivity index (χ0v) is 20.2. The van der Waals surface area contributed by atoms with Crippen LogP contribution in [0.15, 0.2) is 57.9 Å². The molecule has 0 spiro atoms. The molecule has 2 aromatic carbocycles. The highest BCUT2D eigenvalue weighted by Gasteiger charge is 2.24. The molecule has 1 aliphatic rings. The van der Waals surface area contributed by atoms with E-state index in [2.05, 4.69) is 14.9 Å². The van der Waals surface area contributed by atoms with Crippen LogP contribution in [-0.2, 0) is 0 Å². The summed E-state index contributed by atoms with van der Waals surface area (Å²) in [5.74, 6) is -0.620. The molecule has 3 heterocycles. The summed E-state index contributed by atoms with van der Waals surface area (Å²) in [4.78, 5) is 46.5. The molecule has 180 valence electrons. The maximum absolute atomic E-state index is 13.0. The molecule has 0 atom stereocenters. The number of rotatable bonds is 6. The van der Waals surface area contributed by atoms with Crippen molar-refractivity contribution in [3.8, 4) is 11.1 Å². The summed E-state index contributed by atoms with van der Waals surface area (Å²) < 4.78 is 5.04. The van der Waals surface area contributed by atoms with Gasteiger partial charge in [-0.2, -0.15) is 0 Å². The van der Waals surface area contributed by atoms with Crippen LogP contribution in [0.2, 0.25) is 10.0 Å². The van der Waals surface area contributed by atoms with Crippen molar-refractivity contribution in [2.45, 2.75) is 6.42 Å². The fraction of sp³-hybridized carbons (Fsp3) is 0.240. The lowest BCUT2D eigenvalue weighted by molar-refractivity contribution is 0.0623. The van der Waals surface area contributed by atoms with Crippen LogP contribution in [-0.4, -0.2) is 64.2 Å². The minimum atomic E-state index is -0.540. The first kappa shape index (κ1) is 23.4. The van der Waals surface area contributed by atoms with Gasteiger partial charge in [0.2, 0.25) is 0 Å². The Bertz CT molecular complexity index is 1460. The third-order valence-corrected chi connectivity index (χ3v) is 6.96. The lowest BCUT2D eigenvalue weighted by atomic mass is 10.1. The molecule has 8 nitrogen and oxygen atoms in total. The highest BCUT2D eigenvalue weighted by atomic mass is 35.5. The second-order valence-corrected chi connectivity index (χ2v) is 9.28. The van der Waals surface area contributed by atoms with Crippen molar-refractivity contribution in [2.24, 2.45) is 0 Å². The molecule has 2 aromatic heterocycles. The third-order valence-electron chi connectivity index (χ3n) is 6.22. The van der Waals surface area contributed by atoms with E-state index in [1.807, 2.05) is 17.0 Å². The zero-order chi connectivity index (χ0) is 24.5. The number of oxazole rings is 1. The van der Waals surface area contributed by atoms with Crippen LogP contribution in [0.1, 0.15) is 27.3 Å². The highest BCUT2D eigenvalue weighted by Crippen LogP contribution is 2.29. The summed E-state index contributed by atoms with van der Waals surface area (Å²) in [6, 6.07) is 12.1.